The Morgan fingerprint density at radius 3 is 2.61 bits per heavy atom. The quantitative estimate of drug-likeness (QED) is 0.923. The molecule has 1 saturated carbocycles. The van der Waals surface area contributed by atoms with Gasteiger partial charge >= 0.3 is 0 Å². The van der Waals surface area contributed by atoms with Crippen LogP contribution >= 0.6 is 15.9 Å². The highest BCUT2D eigenvalue weighted by Crippen LogP contribution is 2.46. The number of nitrogens with one attached hydrogen (secondary N) is 1. The molecule has 1 atom stereocenters. The van der Waals surface area contributed by atoms with Crippen LogP contribution in [0.4, 0.5) is 4.39 Å². The van der Waals surface area contributed by atoms with E-state index < -0.39 is 0 Å². The number of piperazine rings is 1. The van der Waals surface area contributed by atoms with Gasteiger partial charge in [0.25, 0.3) is 0 Å². The lowest BCUT2D eigenvalue weighted by atomic mass is 10.00. The van der Waals surface area contributed by atoms with Gasteiger partial charge < -0.3 is 5.32 Å². The van der Waals surface area contributed by atoms with Crippen LogP contribution in [-0.4, -0.2) is 31.1 Å². The first kappa shape index (κ1) is 12.6. The van der Waals surface area contributed by atoms with Gasteiger partial charge in [-0.05, 0) is 36.5 Å². The Morgan fingerprint density at radius 1 is 1.28 bits per heavy atom. The van der Waals surface area contributed by atoms with Crippen molar-refractivity contribution in [3.05, 3.63) is 34.1 Å². The summed E-state index contributed by atoms with van der Waals surface area (Å²) in [6, 6.07) is 5.58. The summed E-state index contributed by atoms with van der Waals surface area (Å²) in [5.41, 5.74) is 1.25. The normalized spacial score (nSPS) is 23.0. The fraction of sp³-hybridized carbons (Fsp3) is 0.571. The third-order valence-corrected chi connectivity index (χ3v) is 4.58. The van der Waals surface area contributed by atoms with Crippen molar-refractivity contribution >= 4 is 15.9 Å². The second-order valence-corrected chi connectivity index (χ2v) is 6.09. The average molecular weight is 313 g/mol. The van der Waals surface area contributed by atoms with Crippen molar-refractivity contribution in [3.8, 4) is 0 Å². The standard InChI is InChI=1S/C14H18BrFN2/c15-13-9-11(16)3-4-12(13)14(10-1-2-10)18-7-5-17-6-8-18/h3-4,9-10,14,17H,1-2,5-8H2/t14-/m0/s1. The van der Waals surface area contributed by atoms with Crippen LogP contribution < -0.4 is 5.32 Å². The molecule has 1 aliphatic heterocycles. The molecular formula is C14H18BrFN2. The van der Waals surface area contributed by atoms with E-state index in [4.69, 9.17) is 0 Å². The summed E-state index contributed by atoms with van der Waals surface area (Å²) < 4.78 is 14.1. The van der Waals surface area contributed by atoms with Crippen LogP contribution in [0.1, 0.15) is 24.4 Å². The van der Waals surface area contributed by atoms with Gasteiger partial charge in [-0.2, -0.15) is 0 Å². The summed E-state index contributed by atoms with van der Waals surface area (Å²) in [6.45, 7) is 4.29. The Hall–Kier alpha value is -0.450. The minimum absolute atomic E-state index is 0.166. The SMILES string of the molecule is Fc1ccc([C@H](C2CC2)N2CCNCC2)c(Br)c1. The van der Waals surface area contributed by atoms with E-state index >= 15 is 0 Å². The zero-order valence-electron chi connectivity index (χ0n) is 10.3. The van der Waals surface area contributed by atoms with E-state index in [2.05, 4.69) is 26.1 Å². The number of hydrogen-bond donors (Lipinski definition) is 1. The molecule has 0 spiro atoms. The van der Waals surface area contributed by atoms with Crippen LogP contribution in [0.2, 0.25) is 0 Å². The van der Waals surface area contributed by atoms with Gasteiger partial charge in [0, 0.05) is 36.7 Å². The van der Waals surface area contributed by atoms with Gasteiger partial charge in [-0.1, -0.05) is 22.0 Å². The fourth-order valence-corrected chi connectivity index (χ4v) is 3.45. The molecule has 0 bridgehead atoms. The second kappa shape index (κ2) is 5.27. The molecule has 0 amide bonds. The van der Waals surface area contributed by atoms with Crippen molar-refractivity contribution in [1.29, 1.82) is 0 Å². The molecule has 1 aromatic rings. The molecule has 0 radical (unpaired) electrons. The first-order chi connectivity index (χ1) is 8.75. The van der Waals surface area contributed by atoms with Crippen LogP contribution in [-0.2, 0) is 0 Å². The predicted molar refractivity (Wildman–Crippen MR) is 74.0 cm³/mol. The van der Waals surface area contributed by atoms with Crippen molar-refractivity contribution in [2.75, 3.05) is 26.2 Å². The highest BCUT2D eigenvalue weighted by atomic mass is 79.9. The molecule has 3 rings (SSSR count). The minimum Gasteiger partial charge on any atom is -0.314 e. The van der Waals surface area contributed by atoms with E-state index in [1.165, 1.54) is 18.4 Å². The van der Waals surface area contributed by atoms with Crippen LogP contribution in [0.15, 0.2) is 22.7 Å². The monoisotopic (exact) mass is 312 g/mol. The number of hydrogen-bond acceptors (Lipinski definition) is 2. The largest absolute Gasteiger partial charge is 0.314 e. The summed E-state index contributed by atoms with van der Waals surface area (Å²) in [6.07, 6.45) is 2.61. The smallest absolute Gasteiger partial charge is 0.124 e. The van der Waals surface area contributed by atoms with Crippen molar-refractivity contribution in [2.24, 2.45) is 5.92 Å². The summed E-state index contributed by atoms with van der Waals surface area (Å²) in [4.78, 5) is 2.55. The van der Waals surface area contributed by atoms with Gasteiger partial charge in [-0.15, -0.1) is 0 Å². The van der Waals surface area contributed by atoms with Gasteiger partial charge in [0.05, 0.1) is 0 Å². The Morgan fingerprint density at radius 2 is 2.00 bits per heavy atom. The van der Waals surface area contributed by atoms with Crippen molar-refractivity contribution in [2.45, 2.75) is 18.9 Å². The summed E-state index contributed by atoms with van der Waals surface area (Å²) in [7, 11) is 0. The number of nitrogens with zero attached hydrogens (tertiary/aromatic N) is 1. The van der Waals surface area contributed by atoms with Gasteiger partial charge in [0.2, 0.25) is 0 Å². The third kappa shape index (κ3) is 2.60. The van der Waals surface area contributed by atoms with Gasteiger partial charge in [-0.3, -0.25) is 4.90 Å². The molecule has 4 heteroatoms. The first-order valence-electron chi connectivity index (χ1n) is 6.65. The molecular weight excluding hydrogens is 295 g/mol. The first-order valence-corrected chi connectivity index (χ1v) is 7.45. The molecule has 1 saturated heterocycles. The Bertz CT molecular complexity index is 428. The number of benzene rings is 1. The van der Waals surface area contributed by atoms with Crippen LogP contribution in [0, 0.1) is 11.7 Å². The average Bonchev–Trinajstić information content (AvgIpc) is 3.18. The Kier molecular flexibility index (Phi) is 3.68. The fourth-order valence-electron chi connectivity index (χ4n) is 2.86. The topological polar surface area (TPSA) is 15.3 Å². The van der Waals surface area contributed by atoms with Crippen LogP contribution in [0.25, 0.3) is 0 Å². The lowest BCUT2D eigenvalue weighted by Crippen LogP contribution is -2.45. The molecule has 0 unspecified atom stereocenters. The minimum atomic E-state index is -0.166. The highest BCUT2D eigenvalue weighted by Gasteiger charge is 2.37. The molecule has 2 fully saturated rings. The van der Waals surface area contributed by atoms with E-state index in [9.17, 15) is 4.39 Å². The molecule has 1 heterocycles. The van der Waals surface area contributed by atoms with Crippen molar-refractivity contribution in [3.63, 3.8) is 0 Å². The molecule has 2 aliphatic rings. The van der Waals surface area contributed by atoms with Crippen LogP contribution in [0.3, 0.4) is 0 Å². The van der Waals surface area contributed by atoms with Crippen molar-refractivity contribution in [1.82, 2.24) is 10.2 Å². The zero-order chi connectivity index (χ0) is 12.5. The molecule has 1 N–H and O–H groups in total. The third-order valence-electron chi connectivity index (χ3n) is 3.89. The van der Waals surface area contributed by atoms with Gasteiger partial charge in [0.1, 0.15) is 5.82 Å². The maximum Gasteiger partial charge on any atom is 0.124 e. The zero-order valence-corrected chi connectivity index (χ0v) is 11.9. The van der Waals surface area contributed by atoms with E-state index in [1.807, 2.05) is 6.07 Å². The van der Waals surface area contributed by atoms with E-state index in [-0.39, 0.29) is 5.82 Å². The molecule has 1 aliphatic carbocycles. The maximum atomic E-state index is 13.2. The summed E-state index contributed by atoms with van der Waals surface area (Å²) in [5, 5.41) is 3.39. The van der Waals surface area contributed by atoms with Crippen molar-refractivity contribution < 1.29 is 4.39 Å². The molecule has 2 nitrogen and oxygen atoms in total. The Labute approximate surface area is 116 Å². The van der Waals surface area contributed by atoms with Gasteiger partial charge in [0.15, 0.2) is 0 Å². The highest BCUT2D eigenvalue weighted by molar-refractivity contribution is 9.10. The van der Waals surface area contributed by atoms with Gasteiger partial charge in [-0.25, -0.2) is 4.39 Å². The number of halogens is 2. The van der Waals surface area contributed by atoms with E-state index in [1.54, 1.807) is 12.1 Å². The van der Waals surface area contributed by atoms with E-state index in [0.29, 0.717) is 6.04 Å². The lowest BCUT2D eigenvalue weighted by Gasteiger charge is -2.36. The summed E-state index contributed by atoms with van der Waals surface area (Å²) in [5.74, 6) is 0.588. The molecule has 0 aromatic heterocycles. The molecule has 18 heavy (non-hydrogen) atoms. The van der Waals surface area contributed by atoms with Crippen LogP contribution in [0.5, 0.6) is 0 Å². The lowest BCUT2D eigenvalue weighted by molar-refractivity contribution is 0.155. The summed E-state index contributed by atoms with van der Waals surface area (Å²) >= 11 is 3.53. The number of rotatable bonds is 3. The Balaban J connectivity index is 1.88. The molecule has 98 valence electrons. The second-order valence-electron chi connectivity index (χ2n) is 5.23. The van der Waals surface area contributed by atoms with E-state index in [0.717, 1.165) is 36.6 Å². The predicted octanol–water partition coefficient (Wildman–Crippen LogP) is 2.94. The maximum absolute atomic E-state index is 13.2. The molecule has 1 aromatic carbocycles.